The van der Waals surface area contributed by atoms with Crippen LogP contribution in [0.2, 0.25) is 0 Å². The van der Waals surface area contributed by atoms with Crippen LogP contribution in [-0.4, -0.2) is 42.8 Å². The van der Waals surface area contributed by atoms with Crippen molar-refractivity contribution in [3.05, 3.63) is 59.6 Å². The standard InChI is InChI=1S/C22H16F4N6O2/c23-13-4-11-16-3-10(34-19(11)5-12(13)22(24,25)26)1-2-31(16)21(33)14-6-17-15(7-29-14)30-20(27)18-8-28-9-32(17)18/h4-10,16H,1-3H2,(H2,27,30)/t10-,16+/m1/s1. The van der Waals surface area contributed by atoms with Crippen LogP contribution in [0.15, 0.2) is 36.9 Å². The Kier molecular flexibility index (Phi) is 4.26. The summed E-state index contributed by atoms with van der Waals surface area (Å²) in [5.41, 5.74) is 6.50. The molecule has 1 fully saturated rings. The topological polar surface area (TPSA) is 98.6 Å². The fourth-order valence-electron chi connectivity index (χ4n) is 4.75. The van der Waals surface area contributed by atoms with Crippen molar-refractivity contribution >= 4 is 28.3 Å². The minimum Gasteiger partial charge on any atom is -0.490 e. The molecule has 2 N–H and O–H groups in total. The number of anilines is 1. The number of nitrogens with zero attached hydrogens (tertiary/aromatic N) is 5. The molecule has 12 heteroatoms. The van der Waals surface area contributed by atoms with E-state index in [1.54, 1.807) is 23.0 Å². The lowest BCUT2D eigenvalue weighted by Crippen LogP contribution is -2.46. The molecule has 0 spiro atoms. The number of nitrogen functional groups attached to an aromatic ring is 1. The summed E-state index contributed by atoms with van der Waals surface area (Å²) in [5, 5.41) is 0. The van der Waals surface area contributed by atoms with Gasteiger partial charge in [-0.1, -0.05) is 0 Å². The zero-order valence-corrected chi connectivity index (χ0v) is 17.4. The van der Waals surface area contributed by atoms with Gasteiger partial charge in [0, 0.05) is 24.9 Å². The van der Waals surface area contributed by atoms with E-state index in [1.165, 1.54) is 11.1 Å². The quantitative estimate of drug-likeness (QED) is 0.424. The van der Waals surface area contributed by atoms with Gasteiger partial charge in [0.25, 0.3) is 5.91 Å². The predicted molar refractivity (Wildman–Crippen MR) is 112 cm³/mol. The van der Waals surface area contributed by atoms with Crippen LogP contribution < -0.4 is 10.5 Å². The number of hydrogen-bond donors (Lipinski definition) is 1. The van der Waals surface area contributed by atoms with Crippen LogP contribution in [0.5, 0.6) is 5.75 Å². The average Bonchev–Trinajstić information content (AvgIpc) is 3.29. The molecule has 174 valence electrons. The second-order valence-corrected chi connectivity index (χ2v) is 8.35. The smallest absolute Gasteiger partial charge is 0.419 e. The van der Waals surface area contributed by atoms with Crippen molar-refractivity contribution in [2.24, 2.45) is 0 Å². The summed E-state index contributed by atoms with van der Waals surface area (Å²) in [6, 6.07) is 2.43. The van der Waals surface area contributed by atoms with Gasteiger partial charge in [-0.05, 0) is 18.2 Å². The van der Waals surface area contributed by atoms with Gasteiger partial charge in [-0.3, -0.25) is 9.20 Å². The Morgan fingerprint density at radius 2 is 2.00 bits per heavy atom. The van der Waals surface area contributed by atoms with Crippen molar-refractivity contribution in [2.75, 3.05) is 12.3 Å². The van der Waals surface area contributed by atoms with Crippen LogP contribution >= 0.6 is 0 Å². The molecule has 0 unspecified atom stereocenters. The van der Waals surface area contributed by atoms with E-state index in [0.717, 1.165) is 6.07 Å². The minimum atomic E-state index is -4.85. The number of carbonyl (C=O) groups excluding carboxylic acids is 1. The van der Waals surface area contributed by atoms with Crippen molar-refractivity contribution in [3.63, 3.8) is 0 Å². The predicted octanol–water partition coefficient (Wildman–Crippen LogP) is 3.76. The molecule has 2 atom stereocenters. The zero-order chi connectivity index (χ0) is 23.8. The number of hydrogen-bond acceptors (Lipinski definition) is 6. The monoisotopic (exact) mass is 472 g/mol. The van der Waals surface area contributed by atoms with E-state index in [2.05, 4.69) is 15.0 Å². The number of likely N-dealkylation sites (tertiary alicyclic amines) is 1. The highest BCUT2D eigenvalue weighted by Crippen LogP contribution is 2.46. The molecule has 0 radical (unpaired) electrons. The molecule has 34 heavy (non-hydrogen) atoms. The Hall–Kier alpha value is -3.96. The van der Waals surface area contributed by atoms with E-state index >= 15 is 0 Å². The fraction of sp³-hybridized carbons (Fsp3) is 0.273. The van der Waals surface area contributed by atoms with Crippen molar-refractivity contribution < 1.29 is 27.1 Å². The van der Waals surface area contributed by atoms with E-state index in [-0.39, 0.29) is 35.5 Å². The summed E-state index contributed by atoms with van der Waals surface area (Å²) in [4.78, 5) is 27.6. The number of imidazole rings is 1. The lowest BCUT2D eigenvalue weighted by molar-refractivity contribution is -0.140. The van der Waals surface area contributed by atoms with Crippen molar-refractivity contribution in [1.82, 2.24) is 24.3 Å². The van der Waals surface area contributed by atoms with E-state index in [0.29, 0.717) is 35.5 Å². The lowest BCUT2D eigenvalue weighted by atomic mass is 9.88. The Balaban J connectivity index is 1.41. The van der Waals surface area contributed by atoms with Gasteiger partial charge in [-0.15, -0.1) is 0 Å². The number of alkyl halides is 3. The summed E-state index contributed by atoms with van der Waals surface area (Å²) in [6.45, 7) is 0.288. The van der Waals surface area contributed by atoms with Gasteiger partial charge < -0.3 is 15.4 Å². The molecular formula is C22H16F4N6O2. The average molecular weight is 472 g/mol. The van der Waals surface area contributed by atoms with E-state index in [9.17, 15) is 22.4 Å². The van der Waals surface area contributed by atoms with Gasteiger partial charge in [-0.25, -0.2) is 19.3 Å². The Labute approximate surface area is 189 Å². The zero-order valence-electron chi connectivity index (χ0n) is 17.4. The molecule has 1 amide bonds. The largest absolute Gasteiger partial charge is 0.490 e. The summed E-state index contributed by atoms with van der Waals surface area (Å²) in [7, 11) is 0. The van der Waals surface area contributed by atoms with Gasteiger partial charge in [0.15, 0.2) is 0 Å². The second-order valence-electron chi connectivity index (χ2n) is 8.35. The van der Waals surface area contributed by atoms with Crippen LogP contribution in [0.4, 0.5) is 23.4 Å². The van der Waals surface area contributed by atoms with E-state index < -0.39 is 29.5 Å². The fourth-order valence-corrected chi connectivity index (χ4v) is 4.75. The maximum absolute atomic E-state index is 14.4. The molecule has 0 aliphatic carbocycles. The van der Waals surface area contributed by atoms with Crippen LogP contribution in [0, 0.1) is 5.82 Å². The number of carbonyl (C=O) groups is 1. The number of amides is 1. The summed E-state index contributed by atoms with van der Waals surface area (Å²) >= 11 is 0. The molecule has 2 aliphatic rings. The first-order valence-electron chi connectivity index (χ1n) is 10.5. The third kappa shape index (κ3) is 3.05. The molecule has 2 bridgehead atoms. The maximum atomic E-state index is 14.4. The number of rotatable bonds is 1. The number of aromatic nitrogens is 4. The van der Waals surface area contributed by atoms with Crippen LogP contribution in [0.3, 0.4) is 0 Å². The van der Waals surface area contributed by atoms with Crippen molar-refractivity contribution in [3.8, 4) is 5.75 Å². The first-order chi connectivity index (χ1) is 16.2. The number of benzene rings is 1. The molecule has 8 nitrogen and oxygen atoms in total. The normalized spacial score (nSPS) is 19.8. The number of fused-ring (bicyclic) bond motifs is 7. The highest BCUT2D eigenvalue weighted by molar-refractivity contribution is 5.96. The summed E-state index contributed by atoms with van der Waals surface area (Å²) < 4.78 is 61.3. The van der Waals surface area contributed by atoms with Gasteiger partial charge in [0.2, 0.25) is 0 Å². The number of ether oxygens (including phenoxy) is 1. The molecule has 0 saturated carbocycles. The molecule has 3 aromatic heterocycles. The highest BCUT2D eigenvalue weighted by Gasteiger charge is 2.42. The second kappa shape index (κ2) is 7.02. The molecule has 1 aromatic carbocycles. The number of nitrogens with two attached hydrogens (primary N) is 1. The third-order valence-corrected chi connectivity index (χ3v) is 6.35. The first kappa shape index (κ1) is 20.6. The number of piperidine rings is 1. The Morgan fingerprint density at radius 1 is 1.18 bits per heavy atom. The maximum Gasteiger partial charge on any atom is 0.419 e. The Morgan fingerprint density at radius 3 is 2.79 bits per heavy atom. The van der Waals surface area contributed by atoms with Crippen LogP contribution in [0.1, 0.15) is 40.5 Å². The summed E-state index contributed by atoms with van der Waals surface area (Å²) in [5.74, 6) is -1.62. The van der Waals surface area contributed by atoms with E-state index in [1.807, 2.05) is 0 Å². The molecule has 2 aliphatic heterocycles. The van der Waals surface area contributed by atoms with Gasteiger partial charge in [0.1, 0.15) is 40.2 Å². The first-order valence-corrected chi connectivity index (χ1v) is 10.5. The minimum absolute atomic E-state index is 0.0567. The van der Waals surface area contributed by atoms with Crippen molar-refractivity contribution in [1.29, 1.82) is 0 Å². The van der Waals surface area contributed by atoms with Crippen LogP contribution in [0.25, 0.3) is 16.6 Å². The number of pyridine rings is 1. The highest BCUT2D eigenvalue weighted by atomic mass is 19.4. The van der Waals surface area contributed by atoms with Crippen molar-refractivity contribution in [2.45, 2.75) is 31.2 Å². The van der Waals surface area contributed by atoms with Gasteiger partial charge in [0.05, 0.1) is 35.8 Å². The Bertz CT molecular complexity index is 1480. The molecule has 6 rings (SSSR count). The van der Waals surface area contributed by atoms with E-state index in [4.69, 9.17) is 10.5 Å². The van der Waals surface area contributed by atoms with Crippen LogP contribution in [-0.2, 0) is 6.18 Å². The number of halogens is 4. The third-order valence-electron chi connectivity index (χ3n) is 6.35. The molecule has 1 saturated heterocycles. The molecule has 4 aromatic rings. The summed E-state index contributed by atoms with van der Waals surface area (Å²) in [6.07, 6.45) is 0.0882. The molecule has 5 heterocycles. The van der Waals surface area contributed by atoms with Gasteiger partial charge in [-0.2, -0.15) is 13.2 Å². The van der Waals surface area contributed by atoms with Gasteiger partial charge >= 0.3 is 6.18 Å². The SMILES string of the molecule is Nc1nc2cnc(C(=O)N3CC[C@@H]4C[C@H]3c3cc(F)c(C(F)(F)F)cc3O4)cc2n2cncc12. The molecular weight excluding hydrogens is 456 g/mol. The lowest BCUT2D eigenvalue weighted by Gasteiger charge is -2.44.